The zero-order chi connectivity index (χ0) is 14.9. The highest BCUT2D eigenvalue weighted by atomic mass is 16.6. The second-order valence-electron chi connectivity index (χ2n) is 5.92. The van der Waals surface area contributed by atoms with E-state index in [0.29, 0.717) is 13.1 Å². The molecular weight excluding hydrogens is 260 g/mol. The summed E-state index contributed by atoms with van der Waals surface area (Å²) in [6.07, 6.45) is 1.33. The number of carbonyl (C=O) groups is 1. The number of carbonyl (C=O) groups excluding carboxylic acids is 1. The molecule has 0 saturated heterocycles. The van der Waals surface area contributed by atoms with Gasteiger partial charge in [0.1, 0.15) is 5.60 Å². The van der Waals surface area contributed by atoms with E-state index in [1.165, 1.54) is 10.6 Å². The highest BCUT2D eigenvalue weighted by Crippen LogP contribution is 2.23. The molecule has 0 aliphatic carbocycles. The van der Waals surface area contributed by atoms with Gasteiger partial charge >= 0.3 is 6.09 Å². The minimum absolute atomic E-state index is 0.0888. The molecule has 0 saturated carbocycles. The summed E-state index contributed by atoms with van der Waals surface area (Å²) in [5.41, 5.74) is 1.06. The van der Waals surface area contributed by atoms with Crippen LogP contribution in [-0.4, -0.2) is 32.9 Å². The Balaban J connectivity index is 2.15. The number of fused-ring (bicyclic) bond motifs is 1. The van der Waals surface area contributed by atoms with Crippen LogP contribution in [0.25, 0.3) is 0 Å². The smallest absolute Gasteiger partial charge is 0.410 e. The number of aliphatic hydroxyl groups is 1. The molecule has 110 valence electrons. The van der Waals surface area contributed by atoms with E-state index in [1.807, 2.05) is 20.8 Å². The molecular formula is C14H20N2O4. The first kappa shape index (κ1) is 14.6. The van der Waals surface area contributed by atoms with E-state index < -0.39 is 5.60 Å². The van der Waals surface area contributed by atoms with E-state index in [1.54, 1.807) is 11.1 Å². The highest BCUT2D eigenvalue weighted by molar-refractivity contribution is 5.69. The summed E-state index contributed by atoms with van der Waals surface area (Å²) in [6, 6.07) is 1.52. The SMILES string of the molecule is CC(C)(C)OC(=O)N1Cc2cc(=O)n(CCO)cc2C1. The van der Waals surface area contributed by atoms with Crippen molar-refractivity contribution in [3.8, 4) is 0 Å². The minimum Gasteiger partial charge on any atom is -0.444 e. The average Bonchev–Trinajstić information content (AvgIpc) is 2.70. The molecule has 0 bridgehead atoms. The zero-order valence-corrected chi connectivity index (χ0v) is 12.0. The topological polar surface area (TPSA) is 71.8 Å². The number of hydrogen-bond donors (Lipinski definition) is 1. The van der Waals surface area contributed by atoms with Gasteiger partial charge in [-0.15, -0.1) is 0 Å². The van der Waals surface area contributed by atoms with Crippen molar-refractivity contribution >= 4 is 6.09 Å². The number of aromatic nitrogens is 1. The van der Waals surface area contributed by atoms with Crippen LogP contribution in [0.2, 0.25) is 0 Å². The molecule has 6 nitrogen and oxygen atoms in total. The third kappa shape index (κ3) is 3.19. The van der Waals surface area contributed by atoms with Crippen LogP contribution in [-0.2, 0) is 24.4 Å². The summed E-state index contributed by atoms with van der Waals surface area (Å²) in [7, 11) is 0. The third-order valence-electron chi connectivity index (χ3n) is 3.02. The van der Waals surface area contributed by atoms with E-state index in [2.05, 4.69) is 0 Å². The average molecular weight is 280 g/mol. The van der Waals surface area contributed by atoms with Crippen LogP contribution >= 0.6 is 0 Å². The minimum atomic E-state index is -0.535. The lowest BCUT2D eigenvalue weighted by Gasteiger charge is -2.24. The fourth-order valence-corrected chi connectivity index (χ4v) is 2.15. The molecule has 0 unspecified atom stereocenters. The molecule has 1 N–H and O–H groups in total. The lowest BCUT2D eigenvalue weighted by atomic mass is 10.2. The summed E-state index contributed by atoms with van der Waals surface area (Å²) in [5, 5.41) is 8.92. The van der Waals surface area contributed by atoms with Gasteiger partial charge in [-0.3, -0.25) is 9.69 Å². The maximum absolute atomic E-state index is 12.0. The first-order chi connectivity index (χ1) is 9.30. The summed E-state index contributed by atoms with van der Waals surface area (Å²) in [4.78, 5) is 25.4. The predicted octanol–water partition coefficient (Wildman–Crippen LogP) is 1.09. The van der Waals surface area contributed by atoms with Crippen LogP contribution in [0.5, 0.6) is 0 Å². The molecule has 0 aromatic carbocycles. The van der Waals surface area contributed by atoms with Gasteiger partial charge in [-0.1, -0.05) is 0 Å². The van der Waals surface area contributed by atoms with Gasteiger partial charge in [0.05, 0.1) is 13.2 Å². The number of aliphatic hydroxyl groups excluding tert-OH is 1. The largest absolute Gasteiger partial charge is 0.444 e. The summed E-state index contributed by atoms with van der Waals surface area (Å²) in [6.45, 7) is 6.44. The van der Waals surface area contributed by atoms with Crippen LogP contribution in [0, 0.1) is 0 Å². The molecule has 2 rings (SSSR count). The monoisotopic (exact) mass is 280 g/mol. The van der Waals surface area contributed by atoms with Crippen molar-refractivity contribution in [1.29, 1.82) is 0 Å². The van der Waals surface area contributed by atoms with Crippen molar-refractivity contribution in [1.82, 2.24) is 9.47 Å². The van der Waals surface area contributed by atoms with E-state index in [0.717, 1.165) is 11.1 Å². The number of amides is 1. The van der Waals surface area contributed by atoms with E-state index in [-0.39, 0.29) is 24.8 Å². The molecule has 1 aliphatic rings. The molecule has 0 fully saturated rings. The maximum Gasteiger partial charge on any atom is 0.410 e. The molecule has 0 atom stereocenters. The lowest BCUT2D eigenvalue weighted by molar-refractivity contribution is 0.0241. The summed E-state index contributed by atoms with van der Waals surface area (Å²) < 4.78 is 6.78. The molecule has 1 aromatic rings. The molecule has 1 amide bonds. The number of hydrogen-bond acceptors (Lipinski definition) is 4. The van der Waals surface area contributed by atoms with Gasteiger partial charge in [0.25, 0.3) is 5.56 Å². The second-order valence-corrected chi connectivity index (χ2v) is 5.92. The number of ether oxygens (including phenoxy) is 1. The predicted molar refractivity (Wildman–Crippen MR) is 73.3 cm³/mol. The van der Waals surface area contributed by atoms with Gasteiger partial charge in [0.2, 0.25) is 0 Å². The molecule has 2 heterocycles. The van der Waals surface area contributed by atoms with Crippen molar-refractivity contribution < 1.29 is 14.6 Å². The Bertz CT molecular complexity index is 572. The van der Waals surface area contributed by atoms with Gasteiger partial charge in [-0.2, -0.15) is 0 Å². The van der Waals surface area contributed by atoms with Crippen LogP contribution in [0.15, 0.2) is 17.1 Å². The Hall–Kier alpha value is -1.82. The Kier molecular flexibility index (Phi) is 3.85. The Morgan fingerprint density at radius 2 is 2.00 bits per heavy atom. The van der Waals surface area contributed by atoms with Crippen LogP contribution in [0.4, 0.5) is 4.79 Å². The van der Waals surface area contributed by atoms with Crippen molar-refractivity contribution in [3.63, 3.8) is 0 Å². The van der Waals surface area contributed by atoms with Gasteiger partial charge in [-0.25, -0.2) is 4.79 Å². The van der Waals surface area contributed by atoms with Gasteiger partial charge in [0, 0.05) is 25.4 Å². The molecule has 0 radical (unpaired) electrons. The second kappa shape index (κ2) is 5.28. The highest BCUT2D eigenvalue weighted by Gasteiger charge is 2.28. The number of nitrogens with zero attached hydrogens (tertiary/aromatic N) is 2. The van der Waals surface area contributed by atoms with Crippen LogP contribution in [0.1, 0.15) is 31.9 Å². The van der Waals surface area contributed by atoms with Gasteiger partial charge < -0.3 is 14.4 Å². The van der Waals surface area contributed by atoms with E-state index in [4.69, 9.17) is 9.84 Å². The first-order valence-electron chi connectivity index (χ1n) is 6.61. The van der Waals surface area contributed by atoms with Crippen molar-refractivity contribution in [2.75, 3.05) is 6.61 Å². The molecule has 0 spiro atoms. The normalized spacial score (nSPS) is 14.3. The fraction of sp³-hybridized carbons (Fsp3) is 0.571. The van der Waals surface area contributed by atoms with Gasteiger partial charge in [0.15, 0.2) is 0 Å². The van der Waals surface area contributed by atoms with Crippen molar-refractivity contribution in [2.45, 2.75) is 46.0 Å². The summed E-state index contributed by atoms with van der Waals surface area (Å²) in [5.74, 6) is 0. The molecule has 1 aliphatic heterocycles. The van der Waals surface area contributed by atoms with Crippen LogP contribution in [0.3, 0.4) is 0 Å². The lowest BCUT2D eigenvalue weighted by Crippen LogP contribution is -2.33. The first-order valence-corrected chi connectivity index (χ1v) is 6.61. The Morgan fingerprint density at radius 3 is 2.60 bits per heavy atom. The quantitative estimate of drug-likeness (QED) is 0.880. The molecule has 6 heteroatoms. The number of pyridine rings is 1. The standard InChI is InChI=1S/C14H20N2O4/c1-14(2,3)20-13(19)16-7-10-6-12(18)15(4-5-17)8-11(10)9-16/h6,8,17H,4-5,7,9H2,1-3H3. The Labute approximate surface area is 117 Å². The third-order valence-corrected chi connectivity index (χ3v) is 3.02. The van der Waals surface area contributed by atoms with Crippen molar-refractivity contribution in [2.24, 2.45) is 0 Å². The zero-order valence-electron chi connectivity index (χ0n) is 12.0. The molecule has 20 heavy (non-hydrogen) atoms. The van der Waals surface area contributed by atoms with E-state index >= 15 is 0 Å². The van der Waals surface area contributed by atoms with Crippen LogP contribution < -0.4 is 5.56 Å². The van der Waals surface area contributed by atoms with Crippen molar-refractivity contribution in [3.05, 3.63) is 33.7 Å². The molecule has 1 aromatic heterocycles. The maximum atomic E-state index is 12.0. The number of rotatable bonds is 2. The van der Waals surface area contributed by atoms with E-state index in [9.17, 15) is 9.59 Å². The van der Waals surface area contributed by atoms with Gasteiger partial charge in [-0.05, 0) is 31.9 Å². The fourth-order valence-electron chi connectivity index (χ4n) is 2.15. The Morgan fingerprint density at radius 1 is 1.35 bits per heavy atom. The summed E-state index contributed by atoms with van der Waals surface area (Å²) >= 11 is 0.